The first-order valence-electron chi connectivity index (χ1n) is 9.14. The van der Waals surface area contributed by atoms with Crippen molar-refractivity contribution >= 4 is 22.4 Å². The minimum absolute atomic E-state index is 0.0631. The number of halogens is 3. The van der Waals surface area contributed by atoms with Crippen molar-refractivity contribution in [2.75, 3.05) is 5.32 Å². The third-order valence-corrected chi connectivity index (χ3v) is 4.54. The van der Waals surface area contributed by atoms with Crippen LogP contribution in [0.1, 0.15) is 15.9 Å². The molecule has 0 spiro atoms. The summed E-state index contributed by atoms with van der Waals surface area (Å²) in [6, 6.07) is 24.3. The molecule has 0 aromatic heterocycles. The second-order valence-corrected chi connectivity index (χ2v) is 6.64. The van der Waals surface area contributed by atoms with Crippen LogP contribution in [-0.4, -0.2) is 5.91 Å². The van der Waals surface area contributed by atoms with E-state index in [4.69, 9.17) is 4.74 Å². The predicted octanol–water partition coefficient (Wildman–Crippen LogP) is 6.90. The zero-order chi connectivity index (χ0) is 21.1. The molecule has 6 heteroatoms. The Balaban J connectivity index is 1.69. The lowest BCUT2D eigenvalue weighted by Gasteiger charge is -2.15. The van der Waals surface area contributed by atoms with Crippen molar-refractivity contribution in [1.29, 1.82) is 0 Å². The number of benzene rings is 4. The van der Waals surface area contributed by atoms with Gasteiger partial charge in [-0.15, -0.1) is 0 Å². The van der Waals surface area contributed by atoms with Gasteiger partial charge < -0.3 is 10.1 Å². The molecule has 0 atom stereocenters. The van der Waals surface area contributed by atoms with E-state index < -0.39 is 17.6 Å². The lowest BCUT2D eigenvalue weighted by atomic mass is 10.1. The van der Waals surface area contributed by atoms with Crippen molar-refractivity contribution in [3.05, 3.63) is 102 Å². The molecule has 3 nitrogen and oxygen atoms in total. The van der Waals surface area contributed by atoms with Gasteiger partial charge in [0.15, 0.2) is 5.75 Å². The van der Waals surface area contributed by atoms with Crippen LogP contribution in [0, 0.1) is 0 Å². The highest BCUT2D eigenvalue weighted by Crippen LogP contribution is 2.37. The third-order valence-electron chi connectivity index (χ3n) is 4.54. The van der Waals surface area contributed by atoms with Gasteiger partial charge in [0.1, 0.15) is 5.75 Å². The van der Waals surface area contributed by atoms with E-state index in [1.165, 1.54) is 6.07 Å². The van der Waals surface area contributed by atoms with Crippen molar-refractivity contribution in [2.24, 2.45) is 0 Å². The number of ether oxygens (including phenoxy) is 1. The van der Waals surface area contributed by atoms with Gasteiger partial charge in [0.25, 0.3) is 5.91 Å². The normalized spacial score (nSPS) is 11.3. The van der Waals surface area contributed by atoms with Crippen LogP contribution in [0.5, 0.6) is 11.5 Å². The fourth-order valence-corrected chi connectivity index (χ4v) is 3.03. The minimum atomic E-state index is -4.55. The molecule has 0 saturated carbocycles. The average Bonchev–Trinajstić information content (AvgIpc) is 2.74. The Hall–Kier alpha value is -3.80. The fraction of sp³-hybridized carbons (Fsp3) is 0.0417. The Morgan fingerprint density at radius 3 is 2.20 bits per heavy atom. The fourth-order valence-electron chi connectivity index (χ4n) is 3.03. The maximum absolute atomic E-state index is 13.2. The monoisotopic (exact) mass is 407 g/mol. The largest absolute Gasteiger partial charge is 0.455 e. The first-order chi connectivity index (χ1) is 14.4. The molecule has 0 aliphatic rings. The van der Waals surface area contributed by atoms with Gasteiger partial charge >= 0.3 is 6.18 Å². The van der Waals surface area contributed by atoms with Crippen molar-refractivity contribution in [3.8, 4) is 11.5 Å². The number of hydrogen-bond donors (Lipinski definition) is 1. The minimum Gasteiger partial charge on any atom is -0.455 e. The molecule has 0 aliphatic heterocycles. The molecule has 4 aromatic rings. The predicted molar refractivity (Wildman–Crippen MR) is 110 cm³/mol. The summed E-state index contributed by atoms with van der Waals surface area (Å²) in [4.78, 5) is 12.5. The highest BCUT2D eigenvalue weighted by atomic mass is 19.4. The van der Waals surface area contributed by atoms with E-state index in [0.29, 0.717) is 11.3 Å². The first-order valence-corrected chi connectivity index (χ1v) is 9.14. The topological polar surface area (TPSA) is 38.3 Å². The van der Waals surface area contributed by atoms with Crippen LogP contribution in [0.2, 0.25) is 0 Å². The van der Waals surface area contributed by atoms with E-state index in [1.54, 1.807) is 42.5 Å². The summed E-state index contributed by atoms with van der Waals surface area (Å²) in [6.07, 6.45) is -4.55. The molecule has 0 radical (unpaired) electrons. The van der Waals surface area contributed by atoms with E-state index in [2.05, 4.69) is 5.32 Å². The standard InChI is InChI=1S/C24H16F3NO2/c25-24(26,27)19-11-13-22(21(15-19)28-23(29)17-7-2-1-3-8-17)30-20-12-10-16-6-4-5-9-18(16)14-20/h1-15H,(H,28,29). The van der Waals surface area contributed by atoms with Crippen molar-refractivity contribution in [3.63, 3.8) is 0 Å². The summed E-state index contributed by atoms with van der Waals surface area (Å²) >= 11 is 0. The van der Waals surface area contributed by atoms with Crippen molar-refractivity contribution in [2.45, 2.75) is 6.18 Å². The number of anilines is 1. The van der Waals surface area contributed by atoms with Crippen LogP contribution in [0.4, 0.5) is 18.9 Å². The lowest BCUT2D eigenvalue weighted by molar-refractivity contribution is -0.137. The van der Waals surface area contributed by atoms with E-state index in [-0.39, 0.29) is 11.4 Å². The molecule has 0 aliphatic carbocycles. The SMILES string of the molecule is O=C(Nc1cc(C(F)(F)F)ccc1Oc1ccc2ccccc2c1)c1ccccc1. The Bertz CT molecular complexity index is 1200. The number of carbonyl (C=O) groups excluding carboxylic acids is 1. The highest BCUT2D eigenvalue weighted by Gasteiger charge is 2.31. The van der Waals surface area contributed by atoms with Crippen LogP contribution in [-0.2, 0) is 6.18 Å². The Labute approximate surface area is 170 Å². The quantitative estimate of drug-likeness (QED) is 0.399. The Morgan fingerprint density at radius 1 is 0.767 bits per heavy atom. The molecule has 0 unspecified atom stereocenters. The number of hydrogen-bond acceptors (Lipinski definition) is 2. The van der Waals surface area contributed by atoms with Gasteiger partial charge in [-0.2, -0.15) is 13.2 Å². The molecule has 0 fully saturated rings. The molecular formula is C24H16F3NO2. The van der Waals surface area contributed by atoms with E-state index >= 15 is 0 Å². The third kappa shape index (κ3) is 4.27. The van der Waals surface area contributed by atoms with E-state index in [0.717, 1.165) is 22.9 Å². The second-order valence-electron chi connectivity index (χ2n) is 6.64. The Kier molecular flexibility index (Phi) is 5.14. The number of alkyl halides is 3. The second kappa shape index (κ2) is 7.91. The average molecular weight is 407 g/mol. The van der Waals surface area contributed by atoms with Gasteiger partial charge in [-0.1, -0.05) is 48.5 Å². The smallest absolute Gasteiger partial charge is 0.416 e. The molecule has 0 bridgehead atoms. The van der Waals surface area contributed by atoms with Gasteiger partial charge in [-0.05, 0) is 53.2 Å². The maximum Gasteiger partial charge on any atom is 0.416 e. The van der Waals surface area contributed by atoms with Gasteiger partial charge in [0.05, 0.1) is 11.3 Å². The number of rotatable bonds is 4. The van der Waals surface area contributed by atoms with Gasteiger partial charge in [-0.25, -0.2) is 0 Å². The van der Waals surface area contributed by atoms with Crippen LogP contribution >= 0.6 is 0 Å². The zero-order valence-electron chi connectivity index (χ0n) is 15.6. The summed E-state index contributed by atoms with van der Waals surface area (Å²) in [5.74, 6) is 0.0320. The summed E-state index contributed by atoms with van der Waals surface area (Å²) < 4.78 is 45.5. The molecule has 150 valence electrons. The summed E-state index contributed by atoms with van der Waals surface area (Å²) in [5.41, 5.74) is -0.616. The molecule has 1 N–H and O–H groups in total. The summed E-state index contributed by atoms with van der Waals surface area (Å²) in [7, 11) is 0. The molecule has 0 saturated heterocycles. The zero-order valence-corrected chi connectivity index (χ0v) is 15.6. The van der Waals surface area contributed by atoms with E-state index in [9.17, 15) is 18.0 Å². The number of carbonyl (C=O) groups is 1. The van der Waals surface area contributed by atoms with Crippen LogP contribution < -0.4 is 10.1 Å². The number of nitrogens with one attached hydrogen (secondary N) is 1. The first kappa shape index (κ1) is 19.5. The van der Waals surface area contributed by atoms with Crippen LogP contribution in [0.25, 0.3) is 10.8 Å². The molecule has 4 rings (SSSR count). The van der Waals surface area contributed by atoms with Crippen molar-refractivity contribution in [1.82, 2.24) is 0 Å². The summed E-state index contributed by atoms with van der Waals surface area (Å²) in [5, 5.41) is 4.47. The van der Waals surface area contributed by atoms with Crippen LogP contribution in [0.3, 0.4) is 0 Å². The Morgan fingerprint density at radius 2 is 1.47 bits per heavy atom. The maximum atomic E-state index is 13.2. The number of amides is 1. The highest BCUT2D eigenvalue weighted by molar-refractivity contribution is 6.05. The van der Waals surface area contributed by atoms with Gasteiger partial charge in [0, 0.05) is 5.56 Å². The van der Waals surface area contributed by atoms with Crippen LogP contribution in [0.15, 0.2) is 91.0 Å². The summed E-state index contributed by atoms with van der Waals surface area (Å²) in [6.45, 7) is 0. The molecule has 30 heavy (non-hydrogen) atoms. The molecular weight excluding hydrogens is 391 g/mol. The molecule has 1 amide bonds. The molecule has 4 aromatic carbocycles. The van der Waals surface area contributed by atoms with Gasteiger partial charge in [0.2, 0.25) is 0 Å². The number of fused-ring (bicyclic) bond motifs is 1. The molecule has 0 heterocycles. The lowest BCUT2D eigenvalue weighted by Crippen LogP contribution is -2.14. The van der Waals surface area contributed by atoms with E-state index in [1.807, 2.05) is 30.3 Å². The van der Waals surface area contributed by atoms with Crippen molar-refractivity contribution < 1.29 is 22.7 Å². The van der Waals surface area contributed by atoms with Gasteiger partial charge in [-0.3, -0.25) is 4.79 Å².